The number of fused-ring (bicyclic) bond motifs is 1. The van der Waals surface area contributed by atoms with Crippen LogP contribution in [0.15, 0.2) is 9.21 Å². The Morgan fingerprint density at radius 3 is 2.00 bits per heavy atom. The van der Waals surface area contributed by atoms with Crippen LogP contribution in [-0.4, -0.2) is 4.98 Å². The molecule has 1 aromatic rings. The van der Waals surface area contributed by atoms with Gasteiger partial charge in [-0.05, 0) is 31.9 Å². The van der Waals surface area contributed by atoms with E-state index < -0.39 is 0 Å². The molecule has 54 valence electrons. The second kappa shape index (κ2) is 2.36. The summed E-state index contributed by atoms with van der Waals surface area (Å²) in [4.78, 5) is 3.17. The molecule has 0 saturated heterocycles. The monoisotopic (exact) mass is 264 g/mol. The predicted octanol–water partition coefficient (Wildman–Crippen LogP) is 2.14. The molecule has 10 heavy (non-hydrogen) atoms. The Bertz CT molecular complexity index is 242. The molecule has 0 atom stereocenters. The van der Waals surface area contributed by atoms with Crippen molar-refractivity contribution in [3.05, 3.63) is 20.3 Å². The van der Waals surface area contributed by atoms with Crippen LogP contribution in [-0.2, 0) is 13.1 Å². The number of hydrogen-bond donors (Lipinski definition) is 2. The van der Waals surface area contributed by atoms with Crippen LogP contribution in [0.3, 0.4) is 0 Å². The molecule has 0 aromatic carbocycles. The molecular weight excluding hydrogens is 260 g/mol. The molecule has 0 radical (unpaired) electrons. The maximum absolute atomic E-state index is 3.44. The third kappa shape index (κ3) is 0.863. The van der Waals surface area contributed by atoms with Crippen molar-refractivity contribution in [2.75, 3.05) is 0 Å². The minimum absolute atomic E-state index is 0.970. The van der Waals surface area contributed by atoms with Crippen molar-refractivity contribution in [2.24, 2.45) is 0 Å². The molecule has 0 unspecified atom stereocenters. The number of halogens is 2. The first kappa shape index (κ1) is 6.88. The van der Waals surface area contributed by atoms with Gasteiger partial charge in [-0.3, -0.25) is 0 Å². The molecule has 2 rings (SSSR count). The summed E-state index contributed by atoms with van der Waals surface area (Å²) in [5, 5.41) is 3.27. The molecule has 0 aliphatic carbocycles. The molecule has 4 heteroatoms. The second-order valence-corrected chi connectivity index (χ2v) is 3.90. The van der Waals surface area contributed by atoms with Crippen LogP contribution < -0.4 is 5.32 Å². The highest BCUT2D eigenvalue weighted by molar-refractivity contribution is 9.11. The Hall–Kier alpha value is 0.200. The van der Waals surface area contributed by atoms with E-state index in [1.165, 1.54) is 11.1 Å². The van der Waals surface area contributed by atoms with Crippen molar-refractivity contribution in [1.82, 2.24) is 10.3 Å². The van der Waals surface area contributed by atoms with Gasteiger partial charge in [0.05, 0.1) is 9.21 Å². The van der Waals surface area contributed by atoms with Gasteiger partial charge in [-0.15, -0.1) is 0 Å². The molecule has 1 aliphatic heterocycles. The molecule has 0 amide bonds. The van der Waals surface area contributed by atoms with Crippen LogP contribution in [0, 0.1) is 0 Å². The summed E-state index contributed by atoms with van der Waals surface area (Å²) < 4.78 is 2.19. The van der Waals surface area contributed by atoms with E-state index in [4.69, 9.17) is 0 Å². The fourth-order valence-electron chi connectivity index (χ4n) is 1.19. The molecule has 2 nitrogen and oxygen atoms in total. The molecule has 0 bridgehead atoms. The molecule has 1 aliphatic rings. The quantitative estimate of drug-likeness (QED) is 0.739. The summed E-state index contributed by atoms with van der Waals surface area (Å²) >= 11 is 6.89. The van der Waals surface area contributed by atoms with Crippen LogP contribution in [0.25, 0.3) is 0 Å². The lowest BCUT2D eigenvalue weighted by molar-refractivity contribution is 0.755. The van der Waals surface area contributed by atoms with E-state index in [1.54, 1.807) is 0 Å². The highest BCUT2D eigenvalue weighted by atomic mass is 79.9. The summed E-state index contributed by atoms with van der Waals surface area (Å²) in [6.07, 6.45) is 0. The number of H-pyrrole nitrogens is 1. The molecule has 0 saturated carbocycles. The Morgan fingerprint density at radius 1 is 1.00 bits per heavy atom. The van der Waals surface area contributed by atoms with Gasteiger partial charge in [-0.25, -0.2) is 0 Å². The van der Waals surface area contributed by atoms with Gasteiger partial charge in [0.2, 0.25) is 0 Å². The lowest BCUT2D eigenvalue weighted by Crippen LogP contribution is -2.01. The number of aromatic nitrogens is 1. The first-order valence-electron chi connectivity index (χ1n) is 3.04. The summed E-state index contributed by atoms with van der Waals surface area (Å²) in [6.45, 7) is 1.94. The summed E-state index contributed by atoms with van der Waals surface area (Å²) in [5.74, 6) is 0. The van der Waals surface area contributed by atoms with Gasteiger partial charge >= 0.3 is 0 Å². The van der Waals surface area contributed by atoms with Gasteiger partial charge in [0.15, 0.2) is 0 Å². The first-order chi connectivity index (χ1) is 4.79. The van der Waals surface area contributed by atoms with Crippen LogP contribution in [0.5, 0.6) is 0 Å². The average Bonchev–Trinajstić information content (AvgIpc) is 2.39. The predicted molar refractivity (Wildman–Crippen MR) is 46.7 cm³/mol. The standard InChI is InChI=1S/C6H6Br2N2/c7-5-3-1-9-2-4(3)6(8)10-5/h9-10H,1-2H2. The van der Waals surface area contributed by atoms with Gasteiger partial charge in [0.1, 0.15) is 0 Å². The maximum Gasteiger partial charge on any atom is 0.0877 e. The van der Waals surface area contributed by atoms with E-state index >= 15 is 0 Å². The van der Waals surface area contributed by atoms with E-state index in [2.05, 4.69) is 42.2 Å². The van der Waals surface area contributed by atoms with E-state index in [0.717, 1.165) is 22.3 Å². The number of rotatable bonds is 0. The van der Waals surface area contributed by atoms with Gasteiger partial charge in [0.25, 0.3) is 0 Å². The van der Waals surface area contributed by atoms with Gasteiger partial charge in [-0.2, -0.15) is 0 Å². The average molecular weight is 266 g/mol. The molecule has 2 heterocycles. The molecule has 2 N–H and O–H groups in total. The van der Waals surface area contributed by atoms with Crippen molar-refractivity contribution in [2.45, 2.75) is 13.1 Å². The first-order valence-corrected chi connectivity index (χ1v) is 4.63. The van der Waals surface area contributed by atoms with Gasteiger partial charge in [-0.1, -0.05) is 0 Å². The van der Waals surface area contributed by atoms with Crippen molar-refractivity contribution < 1.29 is 0 Å². The van der Waals surface area contributed by atoms with Crippen molar-refractivity contribution >= 4 is 31.9 Å². The van der Waals surface area contributed by atoms with E-state index in [9.17, 15) is 0 Å². The highest BCUT2D eigenvalue weighted by Gasteiger charge is 2.18. The smallest absolute Gasteiger partial charge is 0.0877 e. The Kier molecular flexibility index (Phi) is 1.62. The normalized spacial score (nSPS) is 15.8. The van der Waals surface area contributed by atoms with Crippen LogP contribution in [0.4, 0.5) is 0 Å². The topological polar surface area (TPSA) is 27.8 Å². The zero-order valence-electron chi connectivity index (χ0n) is 5.17. The number of hydrogen-bond acceptors (Lipinski definition) is 1. The minimum atomic E-state index is 0.970. The lowest BCUT2D eigenvalue weighted by Gasteiger charge is -1.89. The summed E-state index contributed by atoms with van der Waals surface area (Å²) in [6, 6.07) is 0. The van der Waals surface area contributed by atoms with Crippen molar-refractivity contribution in [3.8, 4) is 0 Å². The van der Waals surface area contributed by atoms with Gasteiger partial charge < -0.3 is 10.3 Å². The van der Waals surface area contributed by atoms with E-state index in [0.29, 0.717) is 0 Å². The molecule has 0 spiro atoms. The van der Waals surface area contributed by atoms with Crippen LogP contribution in [0.1, 0.15) is 11.1 Å². The molecular formula is C6H6Br2N2. The number of aromatic amines is 1. The lowest BCUT2D eigenvalue weighted by atomic mass is 10.2. The molecule has 0 fully saturated rings. The van der Waals surface area contributed by atoms with E-state index in [-0.39, 0.29) is 0 Å². The third-order valence-electron chi connectivity index (χ3n) is 1.72. The second-order valence-electron chi connectivity index (χ2n) is 2.31. The van der Waals surface area contributed by atoms with Crippen molar-refractivity contribution in [3.63, 3.8) is 0 Å². The van der Waals surface area contributed by atoms with E-state index in [1.807, 2.05) is 0 Å². The number of nitrogens with one attached hydrogen (secondary N) is 2. The van der Waals surface area contributed by atoms with Crippen LogP contribution >= 0.6 is 31.9 Å². The SMILES string of the molecule is Brc1[nH]c(Br)c2c1CNC2. The van der Waals surface area contributed by atoms with Crippen molar-refractivity contribution in [1.29, 1.82) is 0 Å². The van der Waals surface area contributed by atoms with Gasteiger partial charge in [0, 0.05) is 24.2 Å². The maximum atomic E-state index is 3.44. The Labute approximate surface area is 75.6 Å². The fourth-order valence-corrected chi connectivity index (χ4v) is 2.61. The summed E-state index contributed by atoms with van der Waals surface area (Å²) in [5.41, 5.74) is 2.71. The summed E-state index contributed by atoms with van der Waals surface area (Å²) in [7, 11) is 0. The third-order valence-corrected chi connectivity index (χ3v) is 3.07. The van der Waals surface area contributed by atoms with Crippen LogP contribution in [0.2, 0.25) is 0 Å². The molecule has 1 aromatic heterocycles. The fraction of sp³-hybridized carbons (Fsp3) is 0.333. The Morgan fingerprint density at radius 2 is 1.50 bits per heavy atom. The zero-order chi connectivity index (χ0) is 7.14. The minimum Gasteiger partial charge on any atom is -0.343 e. The Balaban J connectivity index is 2.61. The highest BCUT2D eigenvalue weighted by Crippen LogP contribution is 2.30. The zero-order valence-corrected chi connectivity index (χ0v) is 8.34. The largest absolute Gasteiger partial charge is 0.343 e.